The van der Waals surface area contributed by atoms with Gasteiger partial charge >= 0.3 is 0 Å². The van der Waals surface area contributed by atoms with E-state index in [0.29, 0.717) is 13.2 Å². The summed E-state index contributed by atoms with van der Waals surface area (Å²) in [5.74, 6) is 0. The molecular weight excluding hydrogens is 320 g/mol. The molecule has 0 unspecified atom stereocenters. The number of hydrogen-bond donors (Lipinski definition) is 4. The van der Waals surface area contributed by atoms with Gasteiger partial charge in [-0.15, -0.1) is 0 Å². The van der Waals surface area contributed by atoms with Gasteiger partial charge in [-0.3, -0.25) is 0 Å². The average molecular weight is 350 g/mol. The number of hydrogen-bond acceptors (Lipinski definition) is 8. The molecule has 8 nitrogen and oxygen atoms in total. The monoisotopic (exact) mass is 350 g/mol. The van der Waals surface area contributed by atoms with Crippen LogP contribution in [0.15, 0.2) is 0 Å². The predicted octanol–water partition coefficient (Wildman–Crippen LogP) is -0.487. The number of aliphatic hydroxyl groups is 4. The van der Waals surface area contributed by atoms with E-state index in [4.69, 9.17) is 18.9 Å². The minimum absolute atomic E-state index is 0.260. The molecule has 2 heterocycles. The van der Waals surface area contributed by atoms with Crippen molar-refractivity contribution in [3.8, 4) is 0 Å². The van der Waals surface area contributed by atoms with Crippen LogP contribution in [0.4, 0.5) is 0 Å². The molecule has 0 amide bonds. The van der Waals surface area contributed by atoms with Crippen LogP contribution in [-0.2, 0) is 18.9 Å². The molecule has 0 aliphatic carbocycles. The van der Waals surface area contributed by atoms with Gasteiger partial charge in [0.2, 0.25) is 0 Å². The van der Waals surface area contributed by atoms with E-state index in [1.165, 1.54) is 0 Å². The van der Waals surface area contributed by atoms with E-state index in [9.17, 15) is 20.4 Å². The lowest BCUT2D eigenvalue weighted by atomic mass is 10.0. The molecule has 0 saturated carbocycles. The fourth-order valence-electron chi connectivity index (χ4n) is 2.90. The molecule has 142 valence electrons. The molecule has 2 aliphatic rings. The lowest BCUT2D eigenvalue weighted by Crippen LogP contribution is -2.47. The predicted molar refractivity (Wildman–Crippen MR) is 83.1 cm³/mol. The van der Waals surface area contributed by atoms with Crippen molar-refractivity contribution in [3.05, 3.63) is 0 Å². The molecular formula is C16H30O8. The van der Waals surface area contributed by atoms with Crippen molar-refractivity contribution in [2.24, 2.45) is 0 Å². The van der Waals surface area contributed by atoms with Crippen LogP contribution < -0.4 is 0 Å². The van der Waals surface area contributed by atoms with Crippen LogP contribution in [-0.4, -0.2) is 82.8 Å². The third-order valence-electron chi connectivity index (χ3n) is 4.50. The van der Waals surface area contributed by atoms with Gasteiger partial charge in [-0.05, 0) is 26.7 Å². The first-order valence-corrected chi connectivity index (χ1v) is 8.65. The molecule has 4 N–H and O–H groups in total. The number of ether oxygens (including phenoxy) is 4. The molecule has 0 bridgehead atoms. The van der Waals surface area contributed by atoms with Crippen LogP contribution in [0.25, 0.3) is 0 Å². The van der Waals surface area contributed by atoms with Gasteiger partial charge in [-0.25, -0.2) is 0 Å². The Morgan fingerprint density at radius 2 is 1.12 bits per heavy atom. The Morgan fingerprint density at radius 1 is 0.750 bits per heavy atom. The van der Waals surface area contributed by atoms with E-state index in [1.54, 1.807) is 13.8 Å². The average Bonchev–Trinajstić information content (AvgIpc) is 2.53. The summed E-state index contributed by atoms with van der Waals surface area (Å²) in [4.78, 5) is 0. The van der Waals surface area contributed by atoms with Crippen LogP contribution in [0, 0.1) is 0 Å². The zero-order valence-corrected chi connectivity index (χ0v) is 14.3. The van der Waals surface area contributed by atoms with Crippen molar-refractivity contribution < 1.29 is 39.4 Å². The second-order valence-corrected chi connectivity index (χ2v) is 6.58. The third-order valence-corrected chi connectivity index (χ3v) is 4.50. The van der Waals surface area contributed by atoms with Gasteiger partial charge < -0.3 is 39.4 Å². The molecule has 0 aromatic carbocycles. The molecule has 0 spiro atoms. The van der Waals surface area contributed by atoms with E-state index in [1.807, 2.05) is 0 Å². The Labute approximate surface area is 142 Å². The normalized spacial score (nSPS) is 43.8. The summed E-state index contributed by atoms with van der Waals surface area (Å²) in [6.07, 6.45) is -3.27. The van der Waals surface area contributed by atoms with E-state index >= 15 is 0 Å². The Hall–Kier alpha value is -0.320. The standard InChI is InChI=1S/C16H30O8/c1-9-15(19)11(17)7-13(23-9)21-5-3-4-6-22-14-8-12(18)16(20)10(2)24-14/h9-20H,3-8H2,1-2H3/t9-,10-,11-,12-,13+,14+,15-,16-/m0/s1. The summed E-state index contributed by atoms with van der Waals surface area (Å²) in [6.45, 7) is 4.33. The maximum absolute atomic E-state index is 9.68. The minimum atomic E-state index is -0.870. The number of aliphatic hydroxyl groups excluding tert-OH is 4. The lowest BCUT2D eigenvalue weighted by Gasteiger charge is -2.35. The molecule has 2 saturated heterocycles. The smallest absolute Gasteiger partial charge is 0.160 e. The van der Waals surface area contributed by atoms with Crippen molar-refractivity contribution in [1.29, 1.82) is 0 Å². The molecule has 2 rings (SSSR count). The molecule has 8 atom stereocenters. The van der Waals surface area contributed by atoms with Crippen molar-refractivity contribution >= 4 is 0 Å². The molecule has 24 heavy (non-hydrogen) atoms. The second kappa shape index (κ2) is 9.40. The topological polar surface area (TPSA) is 118 Å². The molecule has 8 heteroatoms. The van der Waals surface area contributed by atoms with Crippen molar-refractivity contribution in [3.63, 3.8) is 0 Å². The molecule has 2 aliphatic heterocycles. The first kappa shape index (κ1) is 20.0. The van der Waals surface area contributed by atoms with E-state index in [0.717, 1.165) is 12.8 Å². The summed E-state index contributed by atoms with van der Waals surface area (Å²) >= 11 is 0. The Morgan fingerprint density at radius 3 is 1.46 bits per heavy atom. The lowest BCUT2D eigenvalue weighted by molar-refractivity contribution is -0.250. The fraction of sp³-hybridized carbons (Fsp3) is 1.00. The molecule has 0 aromatic heterocycles. The first-order chi connectivity index (χ1) is 11.4. The maximum Gasteiger partial charge on any atom is 0.160 e. The summed E-state index contributed by atoms with van der Waals surface area (Å²) in [5, 5.41) is 38.5. The van der Waals surface area contributed by atoms with E-state index in [-0.39, 0.29) is 12.8 Å². The minimum Gasteiger partial charge on any atom is -0.390 e. The summed E-state index contributed by atoms with van der Waals surface area (Å²) in [5.41, 5.74) is 0. The van der Waals surface area contributed by atoms with Crippen LogP contribution >= 0.6 is 0 Å². The zero-order chi connectivity index (χ0) is 17.7. The zero-order valence-electron chi connectivity index (χ0n) is 14.3. The highest BCUT2D eigenvalue weighted by molar-refractivity contribution is 4.80. The Bertz CT molecular complexity index is 310. The van der Waals surface area contributed by atoms with Crippen LogP contribution in [0.3, 0.4) is 0 Å². The van der Waals surface area contributed by atoms with Crippen molar-refractivity contribution in [2.75, 3.05) is 13.2 Å². The Kier molecular flexibility index (Phi) is 7.83. The fourth-order valence-corrected chi connectivity index (χ4v) is 2.90. The van der Waals surface area contributed by atoms with Gasteiger partial charge in [0.05, 0.1) is 24.4 Å². The summed E-state index contributed by atoms with van der Waals surface area (Å²) in [6, 6.07) is 0. The highest BCUT2D eigenvalue weighted by Crippen LogP contribution is 2.22. The van der Waals surface area contributed by atoms with Crippen LogP contribution in [0.1, 0.15) is 39.5 Å². The largest absolute Gasteiger partial charge is 0.390 e. The van der Waals surface area contributed by atoms with Crippen molar-refractivity contribution in [2.45, 2.75) is 88.7 Å². The summed E-state index contributed by atoms with van der Waals surface area (Å²) in [7, 11) is 0. The van der Waals surface area contributed by atoms with Gasteiger partial charge in [0.1, 0.15) is 12.2 Å². The molecule has 0 radical (unpaired) electrons. The number of unbranched alkanes of at least 4 members (excludes halogenated alkanes) is 1. The van der Waals surface area contributed by atoms with Gasteiger partial charge in [0.25, 0.3) is 0 Å². The molecule has 2 fully saturated rings. The van der Waals surface area contributed by atoms with Gasteiger partial charge in [-0.1, -0.05) is 0 Å². The van der Waals surface area contributed by atoms with Gasteiger partial charge in [-0.2, -0.15) is 0 Å². The van der Waals surface area contributed by atoms with Gasteiger partial charge in [0, 0.05) is 26.1 Å². The van der Waals surface area contributed by atoms with Gasteiger partial charge in [0.15, 0.2) is 12.6 Å². The van der Waals surface area contributed by atoms with Crippen LogP contribution in [0.2, 0.25) is 0 Å². The first-order valence-electron chi connectivity index (χ1n) is 8.65. The molecule has 0 aromatic rings. The quantitative estimate of drug-likeness (QED) is 0.455. The highest BCUT2D eigenvalue weighted by atomic mass is 16.7. The second-order valence-electron chi connectivity index (χ2n) is 6.58. The highest BCUT2D eigenvalue weighted by Gasteiger charge is 2.35. The van der Waals surface area contributed by atoms with Crippen LogP contribution in [0.5, 0.6) is 0 Å². The maximum atomic E-state index is 9.68. The van der Waals surface area contributed by atoms with E-state index in [2.05, 4.69) is 0 Å². The van der Waals surface area contributed by atoms with Crippen molar-refractivity contribution in [1.82, 2.24) is 0 Å². The third kappa shape index (κ3) is 5.60. The SMILES string of the molecule is C[C@@H]1O[C@@H](OCCCCO[C@H]2C[C@H](O)[C@@H](O)[C@H](C)O2)C[C@H](O)[C@H]1O. The van der Waals surface area contributed by atoms with E-state index < -0.39 is 49.2 Å². The summed E-state index contributed by atoms with van der Waals surface area (Å²) < 4.78 is 22.1. The number of rotatable bonds is 7. The Balaban J connectivity index is 1.53.